The van der Waals surface area contributed by atoms with E-state index in [-0.39, 0.29) is 36.4 Å². The minimum absolute atomic E-state index is 0. The quantitative estimate of drug-likeness (QED) is 0.692. The first-order chi connectivity index (χ1) is 13.1. The van der Waals surface area contributed by atoms with E-state index in [9.17, 15) is 9.59 Å². The van der Waals surface area contributed by atoms with Crippen LogP contribution < -0.4 is 16.0 Å². The number of morpholine rings is 1. The van der Waals surface area contributed by atoms with Crippen LogP contribution in [0.4, 0.5) is 5.69 Å². The number of benzene rings is 2. The summed E-state index contributed by atoms with van der Waals surface area (Å²) in [6.45, 7) is 3.72. The van der Waals surface area contributed by atoms with E-state index in [1.165, 1.54) is 5.56 Å². The van der Waals surface area contributed by atoms with Gasteiger partial charge in [-0.05, 0) is 43.2 Å². The monoisotopic (exact) mass is 403 g/mol. The van der Waals surface area contributed by atoms with Gasteiger partial charge in [0.15, 0.2) is 0 Å². The number of anilines is 1. The third-order valence-electron chi connectivity index (χ3n) is 4.56. The largest absolute Gasteiger partial charge is 0.375 e. The van der Waals surface area contributed by atoms with Gasteiger partial charge in [0.2, 0.25) is 5.91 Å². The standard InChI is InChI=1S/C21H25N3O3.ClH/c1-15-19(22-13-14-27-15)21(26)24-18-9-7-17(8-10-18)20(25)23-12-11-16-5-3-2-4-6-16;/h2-10,15,19,22H,11-14H2,1H3,(H,23,25)(H,24,26);1H/t15-,19+;/m1./s1. The van der Waals surface area contributed by atoms with Crippen LogP contribution in [0.2, 0.25) is 0 Å². The third-order valence-corrected chi connectivity index (χ3v) is 4.56. The first-order valence-corrected chi connectivity index (χ1v) is 9.21. The molecule has 2 aromatic rings. The van der Waals surface area contributed by atoms with Crippen LogP contribution in [0.1, 0.15) is 22.8 Å². The number of ether oxygens (including phenoxy) is 1. The molecule has 7 heteroatoms. The molecule has 28 heavy (non-hydrogen) atoms. The lowest BCUT2D eigenvalue weighted by Gasteiger charge is -2.29. The Labute approximate surface area is 171 Å². The van der Waals surface area contributed by atoms with Crippen LogP contribution in [0.15, 0.2) is 54.6 Å². The lowest BCUT2D eigenvalue weighted by Crippen LogP contribution is -2.53. The van der Waals surface area contributed by atoms with Crippen molar-refractivity contribution in [3.8, 4) is 0 Å². The predicted octanol–water partition coefficient (Wildman–Crippen LogP) is 2.40. The Balaban J connectivity index is 0.00000280. The van der Waals surface area contributed by atoms with Crippen LogP contribution in [-0.2, 0) is 16.0 Å². The SMILES string of the molecule is C[C@H]1OCCN[C@@H]1C(=O)Nc1ccc(C(=O)NCCc2ccccc2)cc1.Cl. The van der Waals surface area contributed by atoms with Crippen molar-refractivity contribution in [3.05, 3.63) is 65.7 Å². The van der Waals surface area contributed by atoms with Crippen molar-refractivity contribution in [2.45, 2.75) is 25.5 Å². The molecule has 0 bridgehead atoms. The topological polar surface area (TPSA) is 79.5 Å². The molecule has 0 aromatic heterocycles. The molecule has 0 radical (unpaired) electrons. The minimum atomic E-state index is -0.375. The van der Waals surface area contributed by atoms with Crippen molar-refractivity contribution in [3.63, 3.8) is 0 Å². The van der Waals surface area contributed by atoms with Crippen molar-refractivity contribution >= 4 is 29.9 Å². The molecular weight excluding hydrogens is 378 g/mol. The summed E-state index contributed by atoms with van der Waals surface area (Å²) in [5, 5.41) is 8.93. The summed E-state index contributed by atoms with van der Waals surface area (Å²) in [4.78, 5) is 24.6. The van der Waals surface area contributed by atoms with Crippen LogP contribution in [0.25, 0.3) is 0 Å². The van der Waals surface area contributed by atoms with Crippen LogP contribution in [-0.4, -0.2) is 43.7 Å². The van der Waals surface area contributed by atoms with E-state index in [2.05, 4.69) is 16.0 Å². The second kappa shape index (κ2) is 10.8. The maximum absolute atomic E-state index is 12.3. The van der Waals surface area contributed by atoms with Gasteiger partial charge in [-0.15, -0.1) is 12.4 Å². The lowest BCUT2D eigenvalue weighted by molar-refractivity contribution is -0.123. The Morgan fingerprint density at radius 3 is 2.50 bits per heavy atom. The molecule has 1 heterocycles. The molecule has 0 unspecified atom stereocenters. The number of nitrogens with one attached hydrogen (secondary N) is 3. The molecule has 1 aliphatic rings. The van der Waals surface area contributed by atoms with Gasteiger partial charge in [-0.3, -0.25) is 9.59 Å². The van der Waals surface area contributed by atoms with E-state index < -0.39 is 0 Å². The van der Waals surface area contributed by atoms with Crippen LogP contribution in [0, 0.1) is 0 Å². The molecule has 0 aliphatic carbocycles. The lowest BCUT2D eigenvalue weighted by atomic mass is 10.1. The highest BCUT2D eigenvalue weighted by Gasteiger charge is 2.28. The summed E-state index contributed by atoms with van der Waals surface area (Å²) in [6, 6.07) is 16.5. The Bertz CT molecular complexity index is 768. The smallest absolute Gasteiger partial charge is 0.251 e. The van der Waals surface area contributed by atoms with Gasteiger partial charge in [0.1, 0.15) is 6.04 Å². The van der Waals surface area contributed by atoms with E-state index in [4.69, 9.17) is 4.74 Å². The molecule has 1 fully saturated rings. The van der Waals surface area contributed by atoms with E-state index in [0.717, 1.165) is 6.42 Å². The number of amides is 2. The zero-order valence-electron chi connectivity index (χ0n) is 15.8. The molecule has 3 rings (SSSR count). The molecule has 0 spiro atoms. The van der Waals surface area contributed by atoms with Crippen molar-refractivity contribution in [1.82, 2.24) is 10.6 Å². The van der Waals surface area contributed by atoms with Crippen molar-refractivity contribution in [1.29, 1.82) is 0 Å². The normalized spacial score (nSPS) is 18.6. The van der Waals surface area contributed by atoms with Gasteiger partial charge in [0.25, 0.3) is 5.91 Å². The molecule has 0 saturated carbocycles. The van der Waals surface area contributed by atoms with Gasteiger partial charge in [-0.1, -0.05) is 30.3 Å². The van der Waals surface area contributed by atoms with Crippen LogP contribution in [0.3, 0.4) is 0 Å². The van der Waals surface area contributed by atoms with Gasteiger partial charge in [0, 0.05) is 24.3 Å². The highest BCUT2D eigenvalue weighted by atomic mass is 35.5. The highest BCUT2D eigenvalue weighted by molar-refractivity contribution is 5.97. The molecule has 6 nitrogen and oxygen atoms in total. The van der Waals surface area contributed by atoms with E-state index in [1.54, 1.807) is 24.3 Å². The summed E-state index contributed by atoms with van der Waals surface area (Å²) < 4.78 is 5.49. The van der Waals surface area contributed by atoms with Crippen LogP contribution >= 0.6 is 12.4 Å². The second-order valence-corrected chi connectivity index (χ2v) is 6.57. The fraction of sp³-hybridized carbons (Fsp3) is 0.333. The number of carbonyl (C=O) groups is 2. The van der Waals surface area contributed by atoms with Gasteiger partial charge in [-0.2, -0.15) is 0 Å². The summed E-state index contributed by atoms with van der Waals surface area (Å²) in [7, 11) is 0. The summed E-state index contributed by atoms with van der Waals surface area (Å²) >= 11 is 0. The molecule has 3 N–H and O–H groups in total. The molecule has 2 atom stereocenters. The third kappa shape index (κ3) is 6.05. The fourth-order valence-electron chi connectivity index (χ4n) is 3.02. The summed E-state index contributed by atoms with van der Waals surface area (Å²) in [6.07, 6.45) is 0.614. The van der Waals surface area contributed by atoms with Gasteiger partial charge in [0.05, 0.1) is 12.7 Å². The Hall–Kier alpha value is -2.41. The number of hydrogen-bond acceptors (Lipinski definition) is 4. The second-order valence-electron chi connectivity index (χ2n) is 6.57. The van der Waals surface area contributed by atoms with Crippen molar-refractivity contribution in [2.24, 2.45) is 0 Å². The maximum atomic E-state index is 12.3. The number of hydrogen-bond donors (Lipinski definition) is 3. The molecule has 2 amide bonds. The zero-order valence-corrected chi connectivity index (χ0v) is 16.6. The summed E-state index contributed by atoms with van der Waals surface area (Å²) in [5.41, 5.74) is 2.40. The zero-order chi connectivity index (χ0) is 19.1. The van der Waals surface area contributed by atoms with Gasteiger partial charge < -0.3 is 20.7 Å². The maximum Gasteiger partial charge on any atom is 0.251 e. The van der Waals surface area contributed by atoms with E-state index in [1.807, 2.05) is 37.3 Å². The molecule has 150 valence electrons. The number of carbonyl (C=O) groups excluding carboxylic acids is 2. The predicted molar refractivity (Wildman–Crippen MR) is 112 cm³/mol. The van der Waals surface area contributed by atoms with Crippen LogP contribution in [0.5, 0.6) is 0 Å². The molecule has 1 aliphatic heterocycles. The first kappa shape index (κ1) is 21.9. The minimum Gasteiger partial charge on any atom is -0.375 e. The summed E-state index contributed by atoms with van der Waals surface area (Å²) in [5.74, 6) is -0.262. The Kier molecular flexibility index (Phi) is 8.44. The highest BCUT2D eigenvalue weighted by Crippen LogP contribution is 2.12. The Morgan fingerprint density at radius 2 is 1.82 bits per heavy atom. The van der Waals surface area contributed by atoms with E-state index >= 15 is 0 Å². The molecular formula is C21H26ClN3O3. The van der Waals surface area contributed by atoms with Crippen molar-refractivity contribution in [2.75, 3.05) is 25.0 Å². The molecule has 2 aromatic carbocycles. The number of halogens is 1. The fourth-order valence-corrected chi connectivity index (χ4v) is 3.02. The van der Waals surface area contributed by atoms with E-state index in [0.29, 0.717) is 30.9 Å². The Morgan fingerprint density at radius 1 is 1.11 bits per heavy atom. The average molecular weight is 404 g/mol. The number of rotatable bonds is 6. The average Bonchev–Trinajstić information content (AvgIpc) is 2.69. The first-order valence-electron chi connectivity index (χ1n) is 9.21. The van der Waals surface area contributed by atoms with Gasteiger partial charge >= 0.3 is 0 Å². The van der Waals surface area contributed by atoms with Gasteiger partial charge in [-0.25, -0.2) is 0 Å². The van der Waals surface area contributed by atoms with Crippen molar-refractivity contribution < 1.29 is 14.3 Å². The molecule has 1 saturated heterocycles.